The molecule has 0 bridgehead atoms. The van der Waals surface area contributed by atoms with Crippen molar-refractivity contribution in [3.8, 4) is 5.75 Å². The number of carbonyl (C=O) groups excluding carboxylic acids is 2. The number of hydrogen-bond donors (Lipinski definition) is 0. The van der Waals surface area contributed by atoms with Gasteiger partial charge in [-0.3, -0.25) is 9.59 Å². The Morgan fingerprint density at radius 3 is 2.33 bits per heavy atom. The Labute approximate surface area is 168 Å². The molecule has 0 aliphatic rings. The van der Waals surface area contributed by atoms with E-state index in [9.17, 15) is 19.2 Å². The largest absolute Gasteiger partial charge is 0.425 e. The number of para-hydroxylation sites is 2. The van der Waals surface area contributed by atoms with Crippen LogP contribution < -0.4 is 16.0 Å². The van der Waals surface area contributed by atoms with Gasteiger partial charge in [0.25, 0.3) is 0 Å². The topological polar surface area (TPSA) is 104 Å². The smallest absolute Gasteiger partial charge is 0.351 e. The third kappa shape index (κ3) is 3.56. The second-order valence-corrected chi connectivity index (χ2v) is 6.41. The van der Waals surface area contributed by atoms with Gasteiger partial charge in [0.15, 0.2) is 17.1 Å². The third-order valence-electron chi connectivity index (χ3n) is 4.34. The molecule has 0 fully saturated rings. The minimum atomic E-state index is -0.954. The normalized spacial score (nSPS) is 11.2. The molecule has 0 aliphatic heterocycles. The maximum absolute atomic E-state index is 12.8. The summed E-state index contributed by atoms with van der Waals surface area (Å²) in [4.78, 5) is 48.9. The molecule has 2 aromatic carbocycles. The fourth-order valence-electron chi connectivity index (χ4n) is 3.03. The number of fused-ring (bicyclic) bond motifs is 2. The summed E-state index contributed by atoms with van der Waals surface area (Å²) in [6, 6.07) is 14.9. The Morgan fingerprint density at radius 1 is 0.900 bits per heavy atom. The summed E-state index contributed by atoms with van der Waals surface area (Å²) < 4.78 is 15.6. The van der Waals surface area contributed by atoms with Crippen LogP contribution >= 0.6 is 0 Å². The van der Waals surface area contributed by atoms with E-state index in [4.69, 9.17) is 13.6 Å². The van der Waals surface area contributed by atoms with Crippen molar-refractivity contribution in [2.75, 3.05) is 0 Å². The average Bonchev–Trinajstić information content (AvgIpc) is 2.71. The number of hydrogen-bond acceptors (Lipinski definition) is 7. The lowest BCUT2D eigenvalue weighted by Crippen LogP contribution is -2.17. The summed E-state index contributed by atoms with van der Waals surface area (Å²) in [5.41, 5.74) is -1.31. The number of ketones is 1. The van der Waals surface area contributed by atoms with E-state index in [1.54, 1.807) is 48.5 Å². The molecule has 4 aromatic rings. The summed E-state index contributed by atoms with van der Waals surface area (Å²) >= 11 is 0. The first kappa shape index (κ1) is 19.1. The van der Waals surface area contributed by atoms with E-state index in [0.29, 0.717) is 16.4 Å². The molecule has 0 spiro atoms. The van der Waals surface area contributed by atoms with Crippen molar-refractivity contribution in [3.05, 3.63) is 92.6 Å². The zero-order valence-electron chi connectivity index (χ0n) is 15.7. The van der Waals surface area contributed by atoms with E-state index in [0.717, 1.165) is 13.0 Å². The molecule has 0 unspecified atom stereocenters. The maximum atomic E-state index is 12.8. The number of esters is 1. The molecule has 0 saturated carbocycles. The molecular weight excluding hydrogens is 388 g/mol. The molecule has 4 rings (SSSR count). The fraction of sp³-hybridized carbons (Fsp3) is 0.0435. The monoisotopic (exact) mass is 402 g/mol. The van der Waals surface area contributed by atoms with Crippen molar-refractivity contribution in [2.45, 2.75) is 6.92 Å². The van der Waals surface area contributed by atoms with Gasteiger partial charge >= 0.3 is 17.2 Å². The highest BCUT2D eigenvalue weighted by molar-refractivity contribution is 6.11. The van der Waals surface area contributed by atoms with Crippen LogP contribution in [0.5, 0.6) is 5.75 Å². The molecule has 2 aromatic heterocycles. The molecule has 7 heteroatoms. The van der Waals surface area contributed by atoms with E-state index < -0.39 is 28.6 Å². The van der Waals surface area contributed by atoms with Crippen molar-refractivity contribution in [3.63, 3.8) is 0 Å². The van der Waals surface area contributed by atoms with Gasteiger partial charge in [-0.25, -0.2) is 9.59 Å². The molecular formula is C23H14O7. The van der Waals surface area contributed by atoms with Gasteiger partial charge in [-0.2, -0.15) is 0 Å². The SMILES string of the molecule is CC(=O)Oc1c(C(=O)/C=C/c2cc3ccccc3oc2=O)c(=O)oc2ccccc12. The molecule has 2 heterocycles. The second-order valence-electron chi connectivity index (χ2n) is 6.41. The van der Waals surface area contributed by atoms with E-state index in [-0.39, 0.29) is 16.9 Å². The van der Waals surface area contributed by atoms with Crippen LogP contribution in [0.3, 0.4) is 0 Å². The van der Waals surface area contributed by atoms with E-state index >= 15 is 0 Å². The molecule has 148 valence electrons. The average molecular weight is 402 g/mol. The van der Waals surface area contributed by atoms with Crippen molar-refractivity contribution >= 4 is 39.8 Å². The Hall–Kier alpha value is -4.26. The Bertz CT molecular complexity index is 1450. The van der Waals surface area contributed by atoms with Crippen molar-refractivity contribution in [2.24, 2.45) is 0 Å². The van der Waals surface area contributed by atoms with Crippen molar-refractivity contribution in [1.29, 1.82) is 0 Å². The summed E-state index contributed by atoms with van der Waals surface area (Å²) in [7, 11) is 0. The van der Waals surface area contributed by atoms with E-state index in [1.807, 2.05) is 0 Å². The zero-order valence-corrected chi connectivity index (χ0v) is 15.7. The first-order valence-corrected chi connectivity index (χ1v) is 8.93. The highest BCUT2D eigenvalue weighted by atomic mass is 16.5. The molecule has 7 nitrogen and oxygen atoms in total. The summed E-state index contributed by atoms with van der Waals surface area (Å²) in [5.74, 6) is -1.66. The highest BCUT2D eigenvalue weighted by Gasteiger charge is 2.22. The zero-order chi connectivity index (χ0) is 21.3. The lowest BCUT2D eigenvalue weighted by molar-refractivity contribution is -0.131. The maximum Gasteiger partial charge on any atom is 0.351 e. The Kier molecular flexibility index (Phi) is 4.85. The summed E-state index contributed by atoms with van der Waals surface area (Å²) in [6.45, 7) is 1.16. The number of allylic oxidation sites excluding steroid dienone is 1. The molecule has 30 heavy (non-hydrogen) atoms. The van der Waals surface area contributed by atoms with Crippen LogP contribution in [0.25, 0.3) is 28.0 Å². The first-order valence-electron chi connectivity index (χ1n) is 8.93. The molecule has 0 N–H and O–H groups in total. The summed E-state index contributed by atoms with van der Waals surface area (Å²) in [6.07, 6.45) is 2.28. The van der Waals surface area contributed by atoms with Crippen LogP contribution in [0.4, 0.5) is 0 Å². The highest BCUT2D eigenvalue weighted by Crippen LogP contribution is 2.28. The van der Waals surface area contributed by atoms with Crippen LogP contribution in [-0.4, -0.2) is 11.8 Å². The first-order chi connectivity index (χ1) is 14.4. The van der Waals surface area contributed by atoms with Gasteiger partial charge < -0.3 is 13.6 Å². The molecule has 0 atom stereocenters. The molecule has 0 radical (unpaired) electrons. The van der Waals surface area contributed by atoms with Gasteiger partial charge in [-0.05, 0) is 36.4 Å². The minimum absolute atomic E-state index is 0.126. The molecule has 0 amide bonds. The lowest BCUT2D eigenvalue weighted by Gasteiger charge is -2.08. The standard InChI is InChI=1S/C23H14O7/c1-13(24)28-21-16-7-3-5-9-19(16)30-23(27)20(21)17(25)11-10-15-12-14-6-2-4-8-18(14)29-22(15)26/h2-12H,1H3/b11-10+. The number of rotatable bonds is 4. The third-order valence-corrected chi connectivity index (χ3v) is 4.34. The van der Waals surface area contributed by atoms with Crippen LogP contribution in [0.2, 0.25) is 0 Å². The van der Waals surface area contributed by atoms with Gasteiger partial charge in [0, 0.05) is 12.3 Å². The number of benzene rings is 2. The predicted octanol–water partition coefficient (Wildman–Crippen LogP) is 3.72. The van der Waals surface area contributed by atoms with Crippen LogP contribution in [0, 0.1) is 0 Å². The Balaban J connectivity index is 1.81. The van der Waals surface area contributed by atoms with Gasteiger partial charge in [-0.15, -0.1) is 0 Å². The second kappa shape index (κ2) is 7.63. The van der Waals surface area contributed by atoms with Gasteiger partial charge in [-0.1, -0.05) is 30.3 Å². The summed E-state index contributed by atoms with van der Waals surface area (Å²) in [5, 5.41) is 0.976. The fourth-order valence-corrected chi connectivity index (χ4v) is 3.03. The quantitative estimate of drug-likeness (QED) is 0.222. The number of carbonyl (C=O) groups is 2. The van der Waals surface area contributed by atoms with Gasteiger partial charge in [0.2, 0.25) is 0 Å². The van der Waals surface area contributed by atoms with Crippen molar-refractivity contribution < 1.29 is 23.2 Å². The van der Waals surface area contributed by atoms with Gasteiger partial charge in [0.05, 0.1) is 10.9 Å². The van der Waals surface area contributed by atoms with Crippen LogP contribution in [0.15, 0.2) is 79.1 Å². The van der Waals surface area contributed by atoms with E-state index in [2.05, 4.69) is 0 Å². The number of ether oxygens (including phenoxy) is 1. The minimum Gasteiger partial charge on any atom is -0.425 e. The Morgan fingerprint density at radius 2 is 1.57 bits per heavy atom. The molecule has 0 aliphatic carbocycles. The van der Waals surface area contributed by atoms with Crippen LogP contribution in [0.1, 0.15) is 22.8 Å². The molecule has 0 saturated heterocycles. The lowest BCUT2D eigenvalue weighted by atomic mass is 10.1. The van der Waals surface area contributed by atoms with Gasteiger partial charge in [0.1, 0.15) is 11.2 Å². The van der Waals surface area contributed by atoms with Crippen LogP contribution in [-0.2, 0) is 4.79 Å². The van der Waals surface area contributed by atoms with E-state index in [1.165, 1.54) is 12.1 Å². The van der Waals surface area contributed by atoms with Crippen molar-refractivity contribution in [1.82, 2.24) is 0 Å². The predicted molar refractivity (Wildman–Crippen MR) is 110 cm³/mol.